The molecule has 1 aliphatic rings. The lowest BCUT2D eigenvalue weighted by Crippen LogP contribution is -2.43. The maximum Gasteiger partial charge on any atom is 0.0826 e. The fourth-order valence-electron chi connectivity index (χ4n) is 1.14. The highest BCUT2D eigenvalue weighted by atomic mass is 35.5. The third kappa shape index (κ3) is 6.03. The molecule has 12 heavy (non-hydrogen) atoms. The van der Waals surface area contributed by atoms with Gasteiger partial charge in [0.1, 0.15) is 0 Å². The van der Waals surface area contributed by atoms with E-state index in [1.807, 2.05) is 0 Å². The SMILES string of the molecule is CN(C)C[C@@H]1CNCCO1.Cl.Cl. The Kier molecular flexibility index (Phi) is 10.1. The first-order chi connectivity index (χ1) is 4.79. The Balaban J connectivity index is 0. The minimum absolute atomic E-state index is 0. The summed E-state index contributed by atoms with van der Waals surface area (Å²) in [5.41, 5.74) is 0. The number of nitrogens with zero attached hydrogens (tertiary/aromatic N) is 1. The van der Waals surface area contributed by atoms with Crippen LogP contribution in [0.5, 0.6) is 0 Å². The summed E-state index contributed by atoms with van der Waals surface area (Å²) in [6.07, 6.45) is 0.392. The topological polar surface area (TPSA) is 24.5 Å². The van der Waals surface area contributed by atoms with Crippen molar-refractivity contribution in [3.8, 4) is 0 Å². The second-order valence-corrected chi connectivity index (χ2v) is 2.96. The van der Waals surface area contributed by atoms with Crippen molar-refractivity contribution in [2.75, 3.05) is 40.3 Å². The van der Waals surface area contributed by atoms with Crippen molar-refractivity contribution in [2.24, 2.45) is 0 Å². The molecular formula is C7H18Cl2N2O. The summed E-state index contributed by atoms with van der Waals surface area (Å²) in [7, 11) is 4.13. The lowest BCUT2D eigenvalue weighted by Gasteiger charge is -2.25. The standard InChI is InChI=1S/C7H16N2O.2ClH/c1-9(2)6-7-5-8-3-4-10-7;;/h7-8H,3-6H2,1-2H3;2*1H/t7-;;/m0../s1. The van der Waals surface area contributed by atoms with E-state index in [2.05, 4.69) is 24.3 Å². The van der Waals surface area contributed by atoms with Crippen LogP contribution in [0.2, 0.25) is 0 Å². The molecule has 1 N–H and O–H groups in total. The number of hydrogen-bond donors (Lipinski definition) is 1. The van der Waals surface area contributed by atoms with Crippen molar-refractivity contribution in [1.82, 2.24) is 10.2 Å². The summed E-state index contributed by atoms with van der Waals surface area (Å²) >= 11 is 0. The van der Waals surface area contributed by atoms with Crippen LogP contribution in [0.25, 0.3) is 0 Å². The highest BCUT2D eigenvalue weighted by Crippen LogP contribution is 1.96. The van der Waals surface area contributed by atoms with Gasteiger partial charge in [0.05, 0.1) is 12.7 Å². The van der Waals surface area contributed by atoms with Gasteiger partial charge in [-0.3, -0.25) is 0 Å². The molecule has 0 unspecified atom stereocenters. The normalized spacial score (nSPS) is 22.8. The molecule has 0 aromatic rings. The molecule has 1 saturated heterocycles. The van der Waals surface area contributed by atoms with Crippen molar-refractivity contribution < 1.29 is 4.74 Å². The Bertz CT molecular complexity index is 97.4. The molecule has 0 radical (unpaired) electrons. The van der Waals surface area contributed by atoms with Gasteiger partial charge >= 0.3 is 0 Å². The number of rotatable bonds is 2. The van der Waals surface area contributed by atoms with Crippen LogP contribution in [0.3, 0.4) is 0 Å². The van der Waals surface area contributed by atoms with E-state index in [4.69, 9.17) is 4.74 Å². The van der Waals surface area contributed by atoms with Gasteiger partial charge in [0.2, 0.25) is 0 Å². The van der Waals surface area contributed by atoms with Crippen LogP contribution in [0, 0.1) is 0 Å². The molecule has 76 valence electrons. The van der Waals surface area contributed by atoms with Crippen LogP contribution in [-0.4, -0.2) is 51.3 Å². The number of ether oxygens (including phenoxy) is 1. The van der Waals surface area contributed by atoms with Gasteiger partial charge in [-0.25, -0.2) is 0 Å². The molecule has 0 aromatic carbocycles. The maximum atomic E-state index is 5.48. The monoisotopic (exact) mass is 216 g/mol. The van der Waals surface area contributed by atoms with Crippen LogP contribution in [0.4, 0.5) is 0 Å². The van der Waals surface area contributed by atoms with Crippen LogP contribution in [0.15, 0.2) is 0 Å². The molecule has 1 atom stereocenters. The zero-order valence-electron chi connectivity index (χ0n) is 7.58. The van der Waals surface area contributed by atoms with Gasteiger partial charge in [-0.1, -0.05) is 0 Å². The van der Waals surface area contributed by atoms with Crippen molar-refractivity contribution >= 4 is 24.8 Å². The Morgan fingerprint density at radius 2 is 2.08 bits per heavy atom. The predicted octanol–water partition coefficient (Wildman–Crippen LogP) is 0.380. The maximum absolute atomic E-state index is 5.48. The third-order valence-corrected chi connectivity index (χ3v) is 1.57. The Morgan fingerprint density at radius 1 is 1.42 bits per heavy atom. The smallest absolute Gasteiger partial charge is 0.0826 e. The molecule has 1 heterocycles. The molecule has 3 nitrogen and oxygen atoms in total. The fourth-order valence-corrected chi connectivity index (χ4v) is 1.14. The van der Waals surface area contributed by atoms with E-state index in [-0.39, 0.29) is 24.8 Å². The molecule has 1 aliphatic heterocycles. The molecule has 0 spiro atoms. The lowest BCUT2D eigenvalue weighted by atomic mass is 10.3. The van der Waals surface area contributed by atoms with Gasteiger partial charge in [0, 0.05) is 19.6 Å². The molecule has 0 bridgehead atoms. The molecule has 1 rings (SSSR count). The minimum Gasteiger partial charge on any atom is -0.374 e. The number of likely N-dealkylation sites (N-methyl/N-ethyl adjacent to an activating group) is 1. The largest absolute Gasteiger partial charge is 0.374 e. The van der Waals surface area contributed by atoms with Crippen LogP contribution in [-0.2, 0) is 4.74 Å². The van der Waals surface area contributed by atoms with E-state index in [1.165, 1.54) is 0 Å². The summed E-state index contributed by atoms with van der Waals surface area (Å²) in [6, 6.07) is 0. The summed E-state index contributed by atoms with van der Waals surface area (Å²) < 4.78 is 5.48. The van der Waals surface area contributed by atoms with E-state index < -0.39 is 0 Å². The lowest BCUT2D eigenvalue weighted by molar-refractivity contribution is 0.0139. The average Bonchev–Trinajstić information content (AvgIpc) is 1.88. The first-order valence-corrected chi connectivity index (χ1v) is 3.76. The molecule has 0 aliphatic carbocycles. The third-order valence-electron chi connectivity index (χ3n) is 1.57. The van der Waals surface area contributed by atoms with Crippen molar-refractivity contribution in [3.05, 3.63) is 0 Å². The summed E-state index contributed by atoms with van der Waals surface area (Å²) in [4.78, 5) is 2.15. The van der Waals surface area contributed by atoms with Crippen molar-refractivity contribution in [1.29, 1.82) is 0 Å². The van der Waals surface area contributed by atoms with Gasteiger partial charge in [0.25, 0.3) is 0 Å². The van der Waals surface area contributed by atoms with Crippen molar-refractivity contribution in [3.63, 3.8) is 0 Å². The summed E-state index contributed by atoms with van der Waals surface area (Å²) in [6.45, 7) is 3.88. The quantitative estimate of drug-likeness (QED) is 0.723. The van der Waals surface area contributed by atoms with E-state index in [1.54, 1.807) is 0 Å². The summed E-state index contributed by atoms with van der Waals surface area (Å²) in [5, 5.41) is 3.29. The Hall–Kier alpha value is 0.460. The number of morpholine rings is 1. The molecule has 5 heteroatoms. The van der Waals surface area contributed by atoms with Crippen molar-refractivity contribution in [2.45, 2.75) is 6.10 Å². The van der Waals surface area contributed by atoms with Gasteiger partial charge < -0.3 is 15.0 Å². The van der Waals surface area contributed by atoms with E-state index in [9.17, 15) is 0 Å². The van der Waals surface area contributed by atoms with E-state index >= 15 is 0 Å². The molecule has 1 fully saturated rings. The van der Waals surface area contributed by atoms with E-state index in [0.29, 0.717) is 6.10 Å². The first-order valence-electron chi connectivity index (χ1n) is 3.76. The molecule has 0 saturated carbocycles. The van der Waals surface area contributed by atoms with Gasteiger partial charge in [-0.05, 0) is 14.1 Å². The highest BCUT2D eigenvalue weighted by Gasteiger charge is 2.12. The van der Waals surface area contributed by atoms with Crippen LogP contribution in [0.1, 0.15) is 0 Å². The van der Waals surface area contributed by atoms with Crippen LogP contribution >= 0.6 is 24.8 Å². The average molecular weight is 217 g/mol. The zero-order chi connectivity index (χ0) is 7.40. The minimum atomic E-state index is 0. The molecule has 0 amide bonds. The van der Waals surface area contributed by atoms with Gasteiger partial charge in [0.15, 0.2) is 0 Å². The molecular weight excluding hydrogens is 199 g/mol. The second-order valence-electron chi connectivity index (χ2n) is 2.96. The molecule has 0 aromatic heterocycles. The fraction of sp³-hybridized carbons (Fsp3) is 1.00. The Morgan fingerprint density at radius 3 is 2.50 bits per heavy atom. The first kappa shape index (κ1) is 15.0. The number of nitrogens with one attached hydrogen (secondary N) is 1. The van der Waals surface area contributed by atoms with Gasteiger partial charge in [-0.2, -0.15) is 0 Å². The predicted molar refractivity (Wildman–Crippen MR) is 55.7 cm³/mol. The van der Waals surface area contributed by atoms with Gasteiger partial charge in [-0.15, -0.1) is 24.8 Å². The summed E-state index contributed by atoms with van der Waals surface area (Å²) in [5.74, 6) is 0. The Labute approximate surface area is 86.7 Å². The number of hydrogen-bond acceptors (Lipinski definition) is 3. The van der Waals surface area contributed by atoms with Crippen LogP contribution < -0.4 is 5.32 Å². The zero-order valence-corrected chi connectivity index (χ0v) is 9.21. The highest BCUT2D eigenvalue weighted by molar-refractivity contribution is 5.85. The number of halogens is 2. The van der Waals surface area contributed by atoms with E-state index in [0.717, 1.165) is 26.2 Å². The second kappa shape index (κ2) is 8.08.